The molecule has 0 saturated carbocycles. The lowest BCUT2D eigenvalue weighted by Gasteiger charge is -2.52. The van der Waals surface area contributed by atoms with Crippen LogP contribution in [-0.2, 0) is 4.65 Å². The average molecular weight is 211 g/mol. The molecule has 88 valence electrons. The number of hydrogen-bond donors (Lipinski definition) is 0. The van der Waals surface area contributed by atoms with Crippen LogP contribution < -0.4 is 0 Å². The van der Waals surface area contributed by atoms with Crippen LogP contribution in [0.3, 0.4) is 0 Å². The third kappa shape index (κ3) is 2.39. The van der Waals surface area contributed by atoms with Crippen molar-refractivity contribution in [2.45, 2.75) is 72.5 Å². The van der Waals surface area contributed by atoms with E-state index in [9.17, 15) is 0 Å². The van der Waals surface area contributed by atoms with Gasteiger partial charge in [0.25, 0.3) is 0 Å². The van der Waals surface area contributed by atoms with Crippen molar-refractivity contribution in [3.8, 4) is 0 Å². The maximum atomic E-state index is 6.21. The predicted molar refractivity (Wildman–Crippen MR) is 67.0 cm³/mol. The predicted octanol–water partition coefficient (Wildman–Crippen LogP) is 3.04. The van der Waals surface area contributed by atoms with E-state index in [0.717, 1.165) is 6.32 Å². The molecular weight excluding hydrogens is 185 g/mol. The highest BCUT2D eigenvalue weighted by atomic mass is 16.5. The van der Waals surface area contributed by atoms with Gasteiger partial charge in [0.1, 0.15) is 0 Å². The molecule has 0 aromatic carbocycles. The van der Waals surface area contributed by atoms with Gasteiger partial charge < -0.3 is 9.47 Å². The molecule has 3 heteroatoms. The lowest BCUT2D eigenvalue weighted by Crippen LogP contribution is -2.63. The van der Waals surface area contributed by atoms with E-state index in [4.69, 9.17) is 4.65 Å². The van der Waals surface area contributed by atoms with E-state index in [1.807, 2.05) is 0 Å². The zero-order chi connectivity index (χ0) is 11.8. The molecule has 0 aromatic rings. The molecule has 2 unspecified atom stereocenters. The molecule has 2 nitrogen and oxygen atoms in total. The topological polar surface area (TPSA) is 12.5 Å². The van der Waals surface area contributed by atoms with Crippen LogP contribution in [0.15, 0.2) is 0 Å². The lowest BCUT2D eigenvalue weighted by atomic mass is 9.66. The molecule has 0 aliphatic carbocycles. The summed E-state index contributed by atoms with van der Waals surface area (Å²) in [7, 11) is 0.284. The summed E-state index contributed by atoms with van der Waals surface area (Å²) in [5.74, 6) is 0.572. The molecule has 1 aliphatic rings. The molecule has 0 spiro atoms. The Balaban J connectivity index is 2.90. The normalized spacial score (nSPS) is 32.4. The van der Waals surface area contributed by atoms with Crippen LogP contribution in [0.1, 0.15) is 48.5 Å². The Morgan fingerprint density at radius 3 is 2.27 bits per heavy atom. The van der Waals surface area contributed by atoms with Gasteiger partial charge in [-0.2, -0.15) is 0 Å². The summed E-state index contributed by atoms with van der Waals surface area (Å²) >= 11 is 0. The van der Waals surface area contributed by atoms with Crippen molar-refractivity contribution in [1.82, 2.24) is 4.81 Å². The van der Waals surface area contributed by atoms with Crippen LogP contribution in [0, 0.1) is 5.92 Å². The van der Waals surface area contributed by atoms with E-state index < -0.39 is 0 Å². The Morgan fingerprint density at radius 2 is 1.87 bits per heavy atom. The molecular formula is C12H26BNO. The molecule has 1 rings (SSSR count). The van der Waals surface area contributed by atoms with Crippen molar-refractivity contribution < 1.29 is 4.65 Å². The highest BCUT2D eigenvalue weighted by molar-refractivity contribution is 6.49. The first kappa shape index (κ1) is 13.1. The summed E-state index contributed by atoms with van der Waals surface area (Å²) in [6, 6.07) is 1.15. The van der Waals surface area contributed by atoms with E-state index in [0.29, 0.717) is 18.0 Å². The van der Waals surface area contributed by atoms with E-state index in [2.05, 4.69) is 53.3 Å². The Labute approximate surface area is 95.5 Å². The Bertz CT molecular complexity index is 216. The van der Waals surface area contributed by atoms with Crippen LogP contribution in [0.25, 0.3) is 0 Å². The van der Waals surface area contributed by atoms with E-state index in [1.165, 1.54) is 0 Å². The Kier molecular flexibility index (Phi) is 3.88. The van der Waals surface area contributed by atoms with Crippen LogP contribution in [-0.4, -0.2) is 29.5 Å². The third-order valence-electron chi connectivity index (χ3n) is 4.01. The van der Waals surface area contributed by atoms with Gasteiger partial charge >= 0.3 is 7.05 Å². The Hall–Kier alpha value is -0.0151. The third-order valence-corrected chi connectivity index (χ3v) is 4.01. The van der Waals surface area contributed by atoms with E-state index in [-0.39, 0.29) is 12.7 Å². The summed E-state index contributed by atoms with van der Waals surface area (Å²) in [6.45, 7) is 15.8. The van der Waals surface area contributed by atoms with Gasteiger partial charge in [-0.1, -0.05) is 34.6 Å². The minimum Gasteiger partial charge on any atom is -0.416 e. The van der Waals surface area contributed by atoms with Crippen molar-refractivity contribution in [1.29, 1.82) is 0 Å². The standard InChI is InChI=1S/C12H26BNO/c1-8-13-14(9(2)3)11(5)10(4)12(6,7)15-13/h9-11H,8H2,1-7H3. The molecule has 0 bridgehead atoms. The van der Waals surface area contributed by atoms with Gasteiger partial charge in [0.15, 0.2) is 0 Å². The first-order valence-electron chi connectivity index (χ1n) is 6.26. The van der Waals surface area contributed by atoms with Gasteiger partial charge in [0, 0.05) is 6.04 Å². The summed E-state index contributed by atoms with van der Waals surface area (Å²) in [4.78, 5) is 2.51. The lowest BCUT2D eigenvalue weighted by molar-refractivity contribution is -0.0406. The second-order valence-corrected chi connectivity index (χ2v) is 5.65. The molecule has 1 fully saturated rings. The molecule has 2 atom stereocenters. The quantitative estimate of drug-likeness (QED) is 0.651. The second kappa shape index (κ2) is 4.46. The number of nitrogens with zero attached hydrogens (tertiary/aromatic N) is 1. The molecule has 0 amide bonds. The highest BCUT2D eigenvalue weighted by Gasteiger charge is 2.46. The van der Waals surface area contributed by atoms with Crippen LogP contribution >= 0.6 is 0 Å². The number of rotatable bonds is 2. The Morgan fingerprint density at radius 1 is 1.33 bits per heavy atom. The molecule has 1 saturated heterocycles. The summed E-state index contributed by atoms with van der Waals surface area (Å²) in [5.41, 5.74) is 0.00544. The maximum absolute atomic E-state index is 6.21. The van der Waals surface area contributed by atoms with Crippen molar-refractivity contribution in [3.63, 3.8) is 0 Å². The molecule has 15 heavy (non-hydrogen) atoms. The maximum Gasteiger partial charge on any atom is 0.382 e. The highest BCUT2D eigenvalue weighted by Crippen LogP contribution is 2.35. The van der Waals surface area contributed by atoms with Gasteiger partial charge in [-0.15, -0.1) is 0 Å². The summed E-state index contributed by atoms with van der Waals surface area (Å²) in [6.07, 6.45) is 1.07. The van der Waals surface area contributed by atoms with Crippen molar-refractivity contribution >= 4 is 7.05 Å². The van der Waals surface area contributed by atoms with Crippen molar-refractivity contribution in [2.75, 3.05) is 0 Å². The van der Waals surface area contributed by atoms with Gasteiger partial charge in [0.2, 0.25) is 0 Å². The molecule has 0 radical (unpaired) electrons. The first-order chi connectivity index (χ1) is 6.81. The van der Waals surface area contributed by atoms with Gasteiger partial charge in [-0.05, 0) is 32.1 Å². The largest absolute Gasteiger partial charge is 0.416 e. The fourth-order valence-electron chi connectivity index (χ4n) is 2.72. The van der Waals surface area contributed by atoms with Gasteiger partial charge in [-0.25, -0.2) is 0 Å². The summed E-state index contributed by atoms with van der Waals surface area (Å²) in [5, 5.41) is 0. The fourth-order valence-corrected chi connectivity index (χ4v) is 2.72. The zero-order valence-electron chi connectivity index (χ0n) is 11.4. The molecule has 1 aliphatic heterocycles. The van der Waals surface area contributed by atoms with E-state index >= 15 is 0 Å². The molecule has 0 N–H and O–H groups in total. The fraction of sp³-hybridized carbons (Fsp3) is 1.00. The van der Waals surface area contributed by atoms with Gasteiger partial charge in [-0.3, -0.25) is 0 Å². The van der Waals surface area contributed by atoms with Crippen molar-refractivity contribution in [3.05, 3.63) is 0 Å². The number of hydrogen-bond acceptors (Lipinski definition) is 2. The minimum atomic E-state index is 0.00544. The molecule has 0 aromatic heterocycles. The smallest absolute Gasteiger partial charge is 0.382 e. The second-order valence-electron chi connectivity index (χ2n) is 5.65. The van der Waals surface area contributed by atoms with Gasteiger partial charge in [0.05, 0.1) is 5.60 Å². The van der Waals surface area contributed by atoms with Crippen molar-refractivity contribution in [2.24, 2.45) is 5.92 Å². The monoisotopic (exact) mass is 211 g/mol. The SMILES string of the molecule is CCB1OC(C)(C)C(C)C(C)N1C(C)C. The van der Waals surface area contributed by atoms with Crippen LogP contribution in [0.2, 0.25) is 6.32 Å². The zero-order valence-corrected chi connectivity index (χ0v) is 11.4. The summed E-state index contributed by atoms with van der Waals surface area (Å²) < 4.78 is 6.21. The minimum absolute atomic E-state index is 0.00544. The van der Waals surface area contributed by atoms with E-state index in [1.54, 1.807) is 0 Å². The van der Waals surface area contributed by atoms with Crippen LogP contribution in [0.4, 0.5) is 0 Å². The average Bonchev–Trinajstić information content (AvgIpc) is 2.12. The first-order valence-corrected chi connectivity index (χ1v) is 6.26. The van der Waals surface area contributed by atoms with Crippen LogP contribution in [0.5, 0.6) is 0 Å². The molecule has 1 heterocycles.